The van der Waals surface area contributed by atoms with E-state index in [-0.39, 0.29) is 0 Å². The zero-order chi connectivity index (χ0) is 16.3. The van der Waals surface area contributed by atoms with Crippen LogP contribution in [0.3, 0.4) is 0 Å². The van der Waals surface area contributed by atoms with E-state index >= 15 is 0 Å². The maximum Gasteiger partial charge on any atom is 0.419 e. The van der Waals surface area contributed by atoms with Gasteiger partial charge in [-0.3, -0.25) is 0 Å². The Morgan fingerprint density at radius 1 is 1.23 bits per heavy atom. The summed E-state index contributed by atoms with van der Waals surface area (Å²) < 4.78 is 6.81. The summed E-state index contributed by atoms with van der Waals surface area (Å²) in [7, 11) is 0. The van der Waals surface area contributed by atoms with Crippen LogP contribution in [0.4, 0.5) is 4.79 Å². The molecule has 0 amide bonds. The molecule has 0 aliphatic heterocycles. The van der Waals surface area contributed by atoms with E-state index in [1.807, 2.05) is 24.3 Å². The number of hydrogen-bond donors (Lipinski definition) is 0. The Kier molecular flexibility index (Phi) is 4.30. The average Bonchev–Trinajstić information content (AvgIpc) is 2.74. The lowest BCUT2D eigenvalue weighted by Gasteiger charge is -2.20. The summed E-state index contributed by atoms with van der Waals surface area (Å²) >= 11 is 0. The number of ether oxygens (including phenoxy) is 1. The number of carbonyl (C=O) groups is 2. The zero-order valence-corrected chi connectivity index (χ0v) is 13.0. The van der Waals surface area contributed by atoms with E-state index < -0.39 is 17.7 Å². The quantitative estimate of drug-likeness (QED) is 0.485. The van der Waals surface area contributed by atoms with Gasteiger partial charge in [0, 0.05) is 12.3 Å². The monoisotopic (exact) mass is 302 g/mol. The maximum atomic E-state index is 12.4. The summed E-state index contributed by atoms with van der Waals surface area (Å²) in [5.41, 5.74) is 0.546. The summed E-state index contributed by atoms with van der Waals surface area (Å²) in [6.45, 7) is 6.64. The molecule has 2 rings (SSSR count). The van der Waals surface area contributed by atoms with Crippen LogP contribution in [0.15, 0.2) is 35.5 Å². The predicted octanol–water partition coefficient (Wildman–Crippen LogP) is 3.32. The Labute approximate surface area is 128 Å². The van der Waals surface area contributed by atoms with Crippen molar-refractivity contribution in [2.24, 2.45) is 5.16 Å². The van der Waals surface area contributed by atoms with E-state index in [9.17, 15) is 9.59 Å². The molecule has 6 nitrogen and oxygen atoms in total. The van der Waals surface area contributed by atoms with Crippen LogP contribution in [-0.2, 0) is 14.4 Å². The van der Waals surface area contributed by atoms with Gasteiger partial charge in [-0.1, -0.05) is 23.4 Å². The zero-order valence-electron chi connectivity index (χ0n) is 13.0. The van der Waals surface area contributed by atoms with E-state index in [0.717, 1.165) is 5.39 Å². The Balaban J connectivity index is 2.46. The highest BCUT2D eigenvalue weighted by atomic mass is 16.7. The first-order chi connectivity index (χ1) is 10.3. The summed E-state index contributed by atoms with van der Waals surface area (Å²) in [5.74, 6) is -0.531. The van der Waals surface area contributed by atoms with Gasteiger partial charge in [-0.05, 0) is 32.9 Å². The second kappa shape index (κ2) is 6.01. The van der Waals surface area contributed by atoms with Crippen molar-refractivity contribution in [3.8, 4) is 0 Å². The van der Waals surface area contributed by atoms with Crippen molar-refractivity contribution in [2.45, 2.75) is 33.3 Å². The van der Waals surface area contributed by atoms with E-state index in [2.05, 4.69) is 9.99 Å². The molecule has 116 valence electrons. The van der Waals surface area contributed by atoms with Crippen LogP contribution in [0.5, 0.6) is 0 Å². The van der Waals surface area contributed by atoms with Gasteiger partial charge in [-0.15, -0.1) is 0 Å². The molecule has 0 radical (unpaired) electrons. The third-order valence-electron chi connectivity index (χ3n) is 2.68. The summed E-state index contributed by atoms with van der Waals surface area (Å²) in [6.07, 6.45) is 0.795. The normalized spacial score (nSPS) is 11.8. The van der Waals surface area contributed by atoms with Crippen molar-refractivity contribution in [3.05, 3.63) is 36.0 Å². The van der Waals surface area contributed by atoms with Gasteiger partial charge in [0.1, 0.15) is 5.60 Å². The van der Waals surface area contributed by atoms with E-state index in [1.54, 1.807) is 26.8 Å². The number of oxime groups is 1. The summed E-state index contributed by atoms with van der Waals surface area (Å²) in [5, 5.41) is 4.43. The van der Waals surface area contributed by atoms with Crippen molar-refractivity contribution >= 4 is 29.2 Å². The van der Waals surface area contributed by atoms with Gasteiger partial charge < -0.3 is 9.57 Å². The predicted molar refractivity (Wildman–Crippen MR) is 82.9 cm³/mol. The second-order valence-electron chi connectivity index (χ2n) is 5.76. The van der Waals surface area contributed by atoms with Crippen LogP contribution < -0.4 is 0 Å². The molecule has 0 N–H and O–H groups in total. The molecule has 0 aliphatic rings. The minimum atomic E-state index is -0.618. The molecule has 1 aromatic heterocycles. The minimum absolute atomic E-state index is 0.469. The molecule has 1 aromatic carbocycles. The van der Waals surface area contributed by atoms with Crippen molar-refractivity contribution < 1.29 is 19.2 Å². The Morgan fingerprint density at radius 3 is 2.55 bits per heavy atom. The summed E-state index contributed by atoms with van der Waals surface area (Å²) in [6, 6.07) is 9.15. The van der Waals surface area contributed by atoms with Gasteiger partial charge >= 0.3 is 12.1 Å². The van der Waals surface area contributed by atoms with E-state index in [1.165, 1.54) is 17.7 Å². The van der Waals surface area contributed by atoms with Crippen molar-refractivity contribution in [3.63, 3.8) is 0 Å². The van der Waals surface area contributed by atoms with Crippen LogP contribution in [0.1, 0.15) is 33.4 Å². The second-order valence-corrected chi connectivity index (χ2v) is 5.76. The van der Waals surface area contributed by atoms with Crippen molar-refractivity contribution in [1.29, 1.82) is 0 Å². The first kappa shape index (κ1) is 15.8. The highest BCUT2D eigenvalue weighted by Gasteiger charge is 2.21. The molecule has 0 spiro atoms. The van der Waals surface area contributed by atoms with Crippen LogP contribution >= 0.6 is 0 Å². The van der Waals surface area contributed by atoms with Gasteiger partial charge in [0.05, 0.1) is 17.4 Å². The van der Waals surface area contributed by atoms with Gasteiger partial charge in [0.15, 0.2) is 0 Å². The highest BCUT2D eigenvalue weighted by Crippen LogP contribution is 2.21. The van der Waals surface area contributed by atoms with Crippen LogP contribution in [0, 0.1) is 0 Å². The lowest BCUT2D eigenvalue weighted by molar-refractivity contribution is -0.140. The largest absolute Gasteiger partial charge is 0.443 e. The van der Waals surface area contributed by atoms with Crippen LogP contribution in [-0.4, -0.2) is 28.4 Å². The number of para-hydroxylation sites is 1. The van der Waals surface area contributed by atoms with Gasteiger partial charge in [0.2, 0.25) is 0 Å². The van der Waals surface area contributed by atoms with Gasteiger partial charge in [0.25, 0.3) is 0 Å². The van der Waals surface area contributed by atoms with Gasteiger partial charge in [-0.2, -0.15) is 0 Å². The molecule has 0 atom stereocenters. The Hall–Kier alpha value is -2.63. The number of rotatable bonds is 2. The average molecular weight is 302 g/mol. The maximum absolute atomic E-state index is 12.4. The summed E-state index contributed by atoms with van der Waals surface area (Å²) in [4.78, 5) is 27.7. The smallest absolute Gasteiger partial charge is 0.419 e. The molecule has 6 heteroatoms. The number of fused-ring (bicyclic) bond motifs is 1. The van der Waals surface area contributed by atoms with Crippen molar-refractivity contribution in [2.75, 3.05) is 0 Å². The molecular formula is C16H18N2O4. The van der Waals surface area contributed by atoms with Crippen molar-refractivity contribution in [1.82, 2.24) is 4.57 Å². The standard InChI is InChI=1S/C16H18N2O4/c1-11(19)22-17-10-13-9-12-7-5-6-8-14(12)18(13)15(20)21-16(2,3)4/h5-10H,1-4H3/b17-10+. The molecular weight excluding hydrogens is 284 g/mol. The number of carbonyl (C=O) groups excluding carboxylic acids is 2. The SMILES string of the molecule is CC(=O)O/N=C/c1cc2ccccc2n1C(=O)OC(C)(C)C. The highest BCUT2D eigenvalue weighted by molar-refractivity contribution is 5.98. The Morgan fingerprint density at radius 2 is 1.91 bits per heavy atom. The lowest BCUT2D eigenvalue weighted by atomic mass is 10.2. The third-order valence-corrected chi connectivity index (χ3v) is 2.68. The molecule has 0 aliphatic carbocycles. The third kappa shape index (κ3) is 3.72. The molecule has 22 heavy (non-hydrogen) atoms. The molecule has 2 aromatic rings. The molecule has 0 saturated heterocycles. The van der Waals surface area contributed by atoms with E-state index in [4.69, 9.17) is 4.74 Å². The number of aromatic nitrogens is 1. The molecule has 0 bridgehead atoms. The first-order valence-electron chi connectivity index (χ1n) is 6.83. The molecule has 0 unspecified atom stereocenters. The van der Waals surface area contributed by atoms with Crippen LogP contribution in [0.25, 0.3) is 10.9 Å². The molecule has 0 saturated carbocycles. The number of benzene rings is 1. The Bertz CT molecular complexity index is 738. The van der Waals surface area contributed by atoms with Gasteiger partial charge in [-0.25, -0.2) is 14.2 Å². The van der Waals surface area contributed by atoms with Crippen LogP contribution in [0.2, 0.25) is 0 Å². The number of nitrogens with zero attached hydrogens (tertiary/aromatic N) is 2. The topological polar surface area (TPSA) is 69.9 Å². The number of hydrogen-bond acceptors (Lipinski definition) is 5. The lowest BCUT2D eigenvalue weighted by Crippen LogP contribution is -2.28. The first-order valence-corrected chi connectivity index (χ1v) is 6.83. The fraction of sp³-hybridized carbons (Fsp3) is 0.312. The fourth-order valence-corrected chi connectivity index (χ4v) is 1.94. The van der Waals surface area contributed by atoms with E-state index in [0.29, 0.717) is 11.2 Å². The molecule has 0 fully saturated rings. The molecule has 1 heterocycles. The fourth-order valence-electron chi connectivity index (χ4n) is 1.94. The minimum Gasteiger partial charge on any atom is -0.443 e.